The summed E-state index contributed by atoms with van der Waals surface area (Å²) in [6.07, 6.45) is -9.90. The van der Waals surface area contributed by atoms with E-state index in [0.29, 0.717) is 29.1 Å². The molecule has 0 unspecified atom stereocenters. The summed E-state index contributed by atoms with van der Waals surface area (Å²) in [4.78, 5) is 4.12. The van der Waals surface area contributed by atoms with Crippen molar-refractivity contribution in [2.24, 2.45) is 0 Å². The van der Waals surface area contributed by atoms with E-state index in [1.807, 2.05) is 0 Å². The molecule has 4 aromatic rings. The van der Waals surface area contributed by atoms with Crippen LogP contribution in [0.1, 0.15) is 11.1 Å². The molecule has 0 radical (unpaired) electrons. The van der Waals surface area contributed by atoms with E-state index in [-0.39, 0.29) is 28.2 Å². The van der Waals surface area contributed by atoms with Gasteiger partial charge >= 0.3 is 12.4 Å². The third-order valence-electron chi connectivity index (χ3n) is 4.86. The van der Waals surface area contributed by atoms with Crippen LogP contribution in [0, 0.1) is 0 Å². The number of nitrogens with two attached hydrogens (primary N) is 1. The molecule has 4 nitrogen and oxygen atoms in total. The van der Waals surface area contributed by atoms with E-state index in [4.69, 9.17) is 5.73 Å². The highest BCUT2D eigenvalue weighted by Gasteiger charge is 2.37. The predicted octanol–water partition coefficient (Wildman–Crippen LogP) is 7.55. The molecule has 34 heavy (non-hydrogen) atoms. The first-order valence-electron chi connectivity index (χ1n) is 9.61. The molecule has 0 aliphatic carbocycles. The molecule has 3 aromatic carbocycles. The van der Waals surface area contributed by atoms with Crippen LogP contribution in [0.4, 0.5) is 42.8 Å². The Morgan fingerprint density at radius 3 is 1.97 bits per heavy atom. The Morgan fingerprint density at radius 2 is 1.41 bits per heavy atom. The zero-order valence-corrected chi connectivity index (χ0v) is 17.8. The number of thiazole rings is 1. The fraction of sp³-hybridized carbons (Fsp3) is 0.0870. The minimum Gasteiger partial charge on any atom is -0.507 e. The van der Waals surface area contributed by atoms with E-state index in [2.05, 4.69) is 10.3 Å². The first kappa shape index (κ1) is 23.4. The smallest absolute Gasteiger partial charge is 0.416 e. The second kappa shape index (κ2) is 8.56. The fourth-order valence-corrected chi connectivity index (χ4v) is 3.95. The zero-order valence-electron chi connectivity index (χ0n) is 17.0. The van der Waals surface area contributed by atoms with E-state index in [9.17, 15) is 31.4 Å². The highest BCUT2D eigenvalue weighted by atomic mass is 32.1. The molecule has 0 aliphatic rings. The summed E-state index contributed by atoms with van der Waals surface area (Å²) in [6, 6.07) is 12.9. The molecule has 176 valence electrons. The number of benzene rings is 3. The van der Waals surface area contributed by atoms with Crippen LogP contribution in [0.5, 0.6) is 5.75 Å². The van der Waals surface area contributed by atoms with Crippen LogP contribution in [-0.2, 0) is 12.4 Å². The summed E-state index contributed by atoms with van der Waals surface area (Å²) < 4.78 is 78.8. The SMILES string of the molecule is Nc1ccc(-c2ccc(Nc3nc(-c4cc(C(F)(F)F)cc(C(F)(F)F)c4)cs3)cc2O)cc1. The van der Waals surface area contributed by atoms with Gasteiger partial charge in [0, 0.05) is 33.9 Å². The lowest BCUT2D eigenvalue weighted by Gasteiger charge is -2.13. The van der Waals surface area contributed by atoms with Gasteiger partial charge in [-0.3, -0.25) is 0 Å². The number of halogens is 6. The van der Waals surface area contributed by atoms with E-state index in [1.165, 1.54) is 11.4 Å². The maximum absolute atomic E-state index is 13.1. The third kappa shape index (κ3) is 5.09. The molecule has 4 N–H and O–H groups in total. The Morgan fingerprint density at radius 1 is 0.794 bits per heavy atom. The number of phenols is 1. The molecule has 0 amide bonds. The van der Waals surface area contributed by atoms with Gasteiger partial charge in [0.2, 0.25) is 0 Å². The number of rotatable bonds is 4. The average Bonchev–Trinajstić information content (AvgIpc) is 3.22. The predicted molar refractivity (Wildman–Crippen MR) is 119 cm³/mol. The summed E-state index contributed by atoms with van der Waals surface area (Å²) in [5, 5.41) is 14.9. The lowest BCUT2D eigenvalue weighted by Crippen LogP contribution is -2.11. The number of nitrogen functional groups attached to an aromatic ring is 1. The number of nitrogens with one attached hydrogen (secondary N) is 1. The van der Waals surface area contributed by atoms with Crippen molar-refractivity contribution < 1.29 is 31.4 Å². The van der Waals surface area contributed by atoms with Gasteiger partial charge in [-0.2, -0.15) is 26.3 Å². The second-order valence-corrected chi connectivity index (χ2v) is 8.17. The number of alkyl halides is 6. The van der Waals surface area contributed by atoms with Gasteiger partial charge < -0.3 is 16.2 Å². The summed E-state index contributed by atoms with van der Waals surface area (Å²) >= 11 is 0.994. The molecule has 0 saturated heterocycles. The van der Waals surface area contributed by atoms with Crippen LogP contribution >= 0.6 is 11.3 Å². The molecule has 0 bridgehead atoms. The van der Waals surface area contributed by atoms with Gasteiger partial charge in [0.15, 0.2) is 5.13 Å². The lowest BCUT2D eigenvalue weighted by atomic mass is 10.0. The Bertz CT molecular complexity index is 1300. The molecule has 0 atom stereocenters. The van der Waals surface area contributed by atoms with Crippen molar-refractivity contribution in [3.8, 4) is 28.1 Å². The average molecular weight is 495 g/mol. The number of hydrogen-bond donors (Lipinski definition) is 3. The molecular weight excluding hydrogens is 480 g/mol. The topological polar surface area (TPSA) is 71.2 Å². The monoisotopic (exact) mass is 495 g/mol. The minimum absolute atomic E-state index is 0.0424. The van der Waals surface area contributed by atoms with Gasteiger partial charge in [-0.25, -0.2) is 4.98 Å². The Labute approximate surface area is 193 Å². The number of aromatic nitrogens is 1. The van der Waals surface area contributed by atoms with Gasteiger partial charge in [0.05, 0.1) is 16.8 Å². The highest BCUT2D eigenvalue weighted by Crippen LogP contribution is 2.39. The summed E-state index contributed by atoms with van der Waals surface area (Å²) in [5.41, 5.74) is 4.76. The first-order valence-corrected chi connectivity index (χ1v) is 10.5. The molecule has 0 fully saturated rings. The molecule has 1 heterocycles. The zero-order chi connectivity index (χ0) is 24.7. The molecule has 11 heteroatoms. The van der Waals surface area contributed by atoms with Crippen molar-refractivity contribution in [1.82, 2.24) is 4.98 Å². The number of phenolic OH excluding ortho intramolecular Hbond substituents is 1. The van der Waals surface area contributed by atoms with Gasteiger partial charge in [-0.15, -0.1) is 11.3 Å². The van der Waals surface area contributed by atoms with E-state index >= 15 is 0 Å². The Hall–Kier alpha value is -3.73. The van der Waals surface area contributed by atoms with Crippen LogP contribution in [0.2, 0.25) is 0 Å². The molecule has 1 aromatic heterocycles. The van der Waals surface area contributed by atoms with Crippen molar-refractivity contribution in [3.63, 3.8) is 0 Å². The van der Waals surface area contributed by atoms with Crippen LogP contribution < -0.4 is 11.1 Å². The number of aromatic hydroxyl groups is 1. The molecule has 0 aliphatic heterocycles. The molecule has 0 spiro atoms. The van der Waals surface area contributed by atoms with Crippen LogP contribution in [0.25, 0.3) is 22.4 Å². The number of nitrogens with zero attached hydrogens (tertiary/aromatic N) is 1. The van der Waals surface area contributed by atoms with Crippen molar-refractivity contribution in [1.29, 1.82) is 0 Å². The largest absolute Gasteiger partial charge is 0.507 e. The highest BCUT2D eigenvalue weighted by molar-refractivity contribution is 7.14. The minimum atomic E-state index is -4.95. The fourth-order valence-electron chi connectivity index (χ4n) is 3.21. The number of anilines is 3. The standard InChI is InChI=1S/C23H15F6N3OS/c24-22(25,26)14-7-13(8-15(9-14)23(27,28)29)19-11-34-21(32-19)31-17-5-6-18(20(33)10-17)12-1-3-16(30)4-2-12/h1-11,33H,30H2,(H,31,32). The quantitative estimate of drug-likeness (QED) is 0.202. The number of hydrogen-bond acceptors (Lipinski definition) is 5. The van der Waals surface area contributed by atoms with Crippen LogP contribution in [0.15, 0.2) is 66.0 Å². The first-order chi connectivity index (χ1) is 15.9. The van der Waals surface area contributed by atoms with E-state index in [0.717, 1.165) is 16.9 Å². The van der Waals surface area contributed by atoms with Gasteiger partial charge in [-0.05, 0) is 48.0 Å². The molecule has 0 saturated carbocycles. The van der Waals surface area contributed by atoms with Crippen molar-refractivity contribution in [2.75, 3.05) is 11.1 Å². The maximum Gasteiger partial charge on any atom is 0.416 e. The van der Waals surface area contributed by atoms with Gasteiger partial charge in [-0.1, -0.05) is 12.1 Å². The summed E-state index contributed by atoms with van der Waals surface area (Å²) in [7, 11) is 0. The van der Waals surface area contributed by atoms with Crippen molar-refractivity contribution in [2.45, 2.75) is 12.4 Å². The Kier molecular flexibility index (Phi) is 5.90. The molecule has 4 rings (SSSR count). The van der Waals surface area contributed by atoms with Gasteiger partial charge in [0.25, 0.3) is 0 Å². The summed E-state index contributed by atoms with van der Waals surface area (Å²) in [5.74, 6) is -0.0424. The third-order valence-corrected chi connectivity index (χ3v) is 5.62. The Balaban J connectivity index is 1.61. The van der Waals surface area contributed by atoms with E-state index < -0.39 is 23.5 Å². The lowest BCUT2D eigenvalue weighted by molar-refractivity contribution is -0.143. The van der Waals surface area contributed by atoms with Gasteiger partial charge in [0.1, 0.15) is 5.75 Å². The van der Waals surface area contributed by atoms with Crippen LogP contribution in [-0.4, -0.2) is 10.1 Å². The maximum atomic E-state index is 13.1. The van der Waals surface area contributed by atoms with E-state index in [1.54, 1.807) is 36.4 Å². The van der Waals surface area contributed by atoms with Crippen molar-refractivity contribution in [3.05, 3.63) is 77.2 Å². The normalized spacial score (nSPS) is 12.1. The second-order valence-electron chi connectivity index (χ2n) is 7.31. The summed E-state index contributed by atoms with van der Waals surface area (Å²) in [6.45, 7) is 0. The molecular formula is C23H15F6N3OS. The van der Waals surface area contributed by atoms with Crippen molar-refractivity contribution >= 4 is 27.8 Å². The van der Waals surface area contributed by atoms with Crippen LogP contribution in [0.3, 0.4) is 0 Å².